The van der Waals surface area contributed by atoms with Gasteiger partial charge in [-0.05, 0) is 50.5 Å². The summed E-state index contributed by atoms with van der Waals surface area (Å²) in [6.45, 7) is 0.518. The molecular weight excluding hydrogens is 390 g/mol. The van der Waals surface area contributed by atoms with Crippen LogP contribution in [-0.4, -0.2) is 41.4 Å². The second-order valence-corrected chi connectivity index (χ2v) is 11.3. The fraction of sp³-hybridized carbons (Fsp3) is 0.682. The van der Waals surface area contributed by atoms with Crippen LogP contribution < -0.4 is 0 Å². The van der Waals surface area contributed by atoms with Gasteiger partial charge < -0.3 is 0 Å². The van der Waals surface area contributed by atoms with Crippen molar-refractivity contribution in [2.75, 3.05) is 12.3 Å². The van der Waals surface area contributed by atoms with Crippen LogP contribution in [-0.2, 0) is 21.2 Å². The maximum absolute atomic E-state index is 13.2. The van der Waals surface area contributed by atoms with Gasteiger partial charge in [0.1, 0.15) is 0 Å². The molecule has 1 unspecified atom stereocenters. The molecule has 1 saturated carbocycles. The minimum absolute atomic E-state index is 0.0544. The number of rotatable bonds is 8. The molecular formula is C22H33NO3S2. The molecule has 1 aliphatic carbocycles. The van der Waals surface area contributed by atoms with Gasteiger partial charge in [-0.15, -0.1) is 0 Å². The summed E-state index contributed by atoms with van der Waals surface area (Å²) in [5.41, 5.74) is 1.33. The summed E-state index contributed by atoms with van der Waals surface area (Å²) < 4.78 is 27.9. The normalized spacial score (nSPS) is 22.2. The van der Waals surface area contributed by atoms with Crippen LogP contribution in [0.2, 0.25) is 0 Å². The smallest absolute Gasteiger partial charge is 0.217 e. The number of unbranched alkanes of at least 4 members (excludes halogenated alkanes) is 1. The van der Waals surface area contributed by atoms with Gasteiger partial charge in [0.05, 0.1) is 11.3 Å². The minimum atomic E-state index is -3.35. The molecule has 2 aliphatic rings. The van der Waals surface area contributed by atoms with Gasteiger partial charge in [-0.3, -0.25) is 4.79 Å². The monoisotopic (exact) mass is 423 g/mol. The maximum atomic E-state index is 13.2. The third-order valence-electron chi connectivity index (χ3n) is 5.97. The average Bonchev–Trinajstić information content (AvgIpc) is 2.75. The van der Waals surface area contributed by atoms with Crippen LogP contribution in [0.1, 0.15) is 69.8 Å². The number of thioether (sulfide) groups is 1. The first-order valence-electron chi connectivity index (χ1n) is 10.8. The third-order valence-corrected chi connectivity index (χ3v) is 9.43. The van der Waals surface area contributed by atoms with Crippen LogP contribution in [0, 0.1) is 0 Å². The summed E-state index contributed by atoms with van der Waals surface area (Å²) in [6, 6.07) is 9.95. The Hall–Kier alpha value is -0.850. The summed E-state index contributed by atoms with van der Waals surface area (Å²) in [5.74, 6) is 0.777. The highest BCUT2D eigenvalue weighted by Gasteiger charge is 2.40. The lowest BCUT2D eigenvalue weighted by molar-refractivity contribution is -0.115. The van der Waals surface area contributed by atoms with Crippen molar-refractivity contribution in [2.45, 2.75) is 81.9 Å². The summed E-state index contributed by atoms with van der Waals surface area (Å²) in [4.78, 5) is 12.8. The van der Waals surface area contributed by atoms with E-state index in [-0.39, 0.29) is 10.4 Å². The first-order valence-corrected chi connectivity index (χ1v) is 13.3. The molecule has 0 radical (unpaired) electrons. The van der Waals surface area contributed by atoms with E-state index in [1.807, 2.05) is 6.07 Å². The van der Waals surface area contributed by atoms with E-state index in [4.69, 9.17) is 0 Å². The van der Waals surface area contributed by atoms with Gasteiger partial charge >= 0.3 is 0 Å². The van der Waals surface area contributed by atoms with E-state index in [0.717, 1.165) is 70.0 Å². The van der Waals surface area contributed by atoms with Gasteiger partial charge in [0, 0.05) is 12.3 Å². The number of sulfonamides is 1. The van der Waals surface area contributed by atoms with Crippen molar-refractivity contribution in [2.24, 2.45) is 0 Å². The van der Waals surface area contributed by atoms with Gasteiger partial charge in [-0.2, -0.15) is 4.31 Å². The zero-order chi connectivity index (χ0) is 19.8. The molecule has 2 fully saturated rings. The van der Waals surface area contributed by atoms with Crippen molar-refractivity contribution in [3.05, 3.63) is 35.9 Å². The molecule has 0 bridgehead atoms. The first-order chi connectivity index (χ1) is 13.6. The van der Waals surface area contributed by atoms with Crippen molar-refractivity contribution in [3.8, 4) is 0 Å². The number of carbonyl (C=O) groups excluding carboxylic acids is 1. The fourth-order valence-electron chi connectivity index (χ4n) is 4.34. The van der Waals surface area contributed by atoms with Crippen molar-refractivity contribution in [1.29, 1.82) is 0 Å². The highest BCUT2D eigenvalue weighted by atomic mass is 32.2. The van der Waals surface area contributed by atoms with E-state index in [9.17, 15) is 13.2 Å². The molecule has 156 valence electrons. The van der Waals surface area contributed by atoms with Crippen molar-refractivity contribution < 1.29 is 13.2 Å². The van der Waals surface area contributed by atoms with Crippen LogP contribution in [0.5, 0.6) is 0 Å². The molecule has 0 N–H and O–H groups in total. The highest BCUT2D eigenvalue weighted by molar-refractivity contribution is 8.13. The quantitative estimate of drug-likeness (QED) is 0.564. The minimum Gasteiger partial charge on any atom is -0.285 e. The van der Waals surface area contributed by atoms with E-state index in [2.05, 4.69) is 24.3 Å². The largest absolute Gasteiger partial charge is 0.285 e. The molecule has 1 aromatic rings. The average molecular weight is 424 g/mol. The highest BCUT2D eigenvalue weighted by Crippen LogP contribution is 2.32. The Bertz CT molecular complexity index is 715. The predicted octanol–water partition coefficient (Wildman–Crippen LogP) is 4.79. The zero-order valence-electron chi connectivity index (χ0n) is 16.7. The lowest BCUT2D eigenvalue weighted by Crippen LogP contribution is -2.50. The number of carbonyl (C=O) groups is 1. The van der Waals surface area contributed by atoms with Gasteiger partial charge in [0.15, 0.2) is 0 Å². The predicted molar refractivity (Wildman–Crippen MR) is 117 cm³/mol. The van der Waals surface area contributed by atoms with Crippen molar-refractivity contribution >= 4 is 26.9 Å². The SMILES string of the molecule is O=C(SCCCCc1ccccc1)C1CCCCN1S(=O)(=O)C1CCCCC1. The molecule has 3 rings (SSSR count). The van der Waals surface area contributed by atoms with E-state index in [1.165, 1.54) is 17.3 Å². The van der Waals surface area contributed by atoms with Gasteiger partial charge in [-0.1, -0.05) is 67.8 Å². The van der Waals surface area contributed by atoms with Gasteiger partial charge in [-0.25, -0.2) is 8.42 Å². The molecule has 0 amide bonds. The number of hydrogen-bond donors (Lipinski definition) is 0. The van der Waals surface area contributed by atoms with Crippen molar-refractivity contribution in [3.63, 3.8) is 0 Å². The molecule has 1 aliphatic heterocycles. The van der Waals surface area contributed by atoms with E-state index in [1.54, 1.807) is 4.31 Å². The van der Waals surface area contributed by atoms with Crippen LogP contribution in [0.25, 0.3) is 0 Å². The number of aryl methyl sites for hydroxylation is 1. The fourth-order valence-corrected chi connectivity index (χ4v) is 7.65. The van der Waals surface area contributed by atoms with Crippen LogP contribution in [0.3, 0.4) is 0 Å². The Labute approximate surface area is 174 Å². The molecule has 0 spiro atoms. The molecule has 6 heteroatoms. The Morgan fingerprint density at radius 3 is 2.43 bits per heavy atom. The number of piperidine rings is 1. The van der Waals surface area contributed by atoms with Crippen LogP contribution in [0.4, 0.5) is 0 Å². The molecule has 1 heterocycles. The molecule has 1 atom stereocenters. The maximum Gasteiger partial charge on any atom is 0.217 e. The Morgan fingerprint density at radius 1 is 0.964 bits per heavy atom. The lowest BCUT2D eigenvalue weighted by atomic mass is 10.0. The standard InChI is InChI=1S/C22H33NO3S2/c24-22(27-18-10-8-13-19-11-3-1-4-12-19)21-16-7-9-17-23(21)28(25,26)20-14-5-2-6-15-20/h1,3-4,11-12,20-21H,2,5-10,13-18H2. The van der Waals surface area contributed by atoms with Crippen LogP contribution >= 0.6 is 11.8 Å². The number of nitrogens with zero attached hydrogens (tertiary/aromatic N) is 1. The third kappa shape index (κ3) is 5.83. The molecule has 1 saturated heterocycles. The van der Waals surface area contributed by atoms with Crippen molar-refractivity contribution in [1.82, 2.24) is 4.31 Å². The topological polar surface area (TPSA) is 54.5 Å². The number of benzene rings is 1. The second-order valence-electron chi connectivity index (χ2n) is 8.04. The van der Waals surface area contributed by atoms with E-state index >= 15 is 0 Å². The molecule has 1 aromatic carbocycles. The Balaban J connectivity index is 1.49. The molecule has 4 nitrogen and oxygen atoms in total. The molecule has 0 aromatic heterocycles. The zero-order valence-corrected chi connectivity index (χ0v) is 18.4. The Morgan fingerprint density at radius 2 is 1.68 bits per heavy atom. The van der Waals surface area contributed by atoms with Gasteiger partial charge in [0.25, 0.3) is 0 Å². The summed E-state index contributed by atoms with van der Waals surface area (Å²) in [6.07, 6.45) is 10.2. The van der Waals surface area contributed by atoms with Crippen LogP contribution in [0.15, 0.2) is 30.3 Å². The summed E-state index contributed by atoms with van der Waals surface area (Å²) in [7, 11) is -3.35. The lowest BCUT2D eigenvalue weighted by Gasteiger charge is -2.37. The Kier molecular flexibility index (Phi) is 8.42. The first kappa shape index (κ1) is 21.8. The second kappa shape index (κ2) is 10.8. The number of hydrogen-bond acceptors (Lipinski definition) is 4. The molecule has 28 heavy (non-hydrogen) atoms. The summed E-state index contributed by atoms with van der Waals surface area (Å²) in [5, 5.41) is -0.218. The van der Waals surface area contributed by atoms with Gasteiger partial charge in [0.2, 0.25) is 15.1 Å². The van der Waals surface area contributed by atoms with E-state index in [0.29, 0.717) is 13.0 Å². The summed E-state index contributed by atoms with van der Waals surface area (Å²) >= 11 is 1.34. The van der Waals surface area contributed by atoms with E-state index < -0.39 is 16.1 Å².